The highest BCUT2D eigenvalue weighted by molar-refractivity contribution is 14.0. The van der Waals surface area contributed by atoms with E-state index in [4.69, 9.17) is 0 Å². The zero-order valence-electron chi connectivity index (χ0n) is 18.3. The molecule has 2 heterocycles. The number of guanidine groups is 1. The van der Waals surface area contributed by atoms with Crippen molar-refractivity contribution in [1.82, 2.24) is 24.9 Å². The van der Waals surface area contributed by atoms with E-state index < -0.39 is 0 Å². The van der Waals surface area contributed by atoms with Crippen LogP contribution in [0.1, 0.15) is 47.7 Å². The van der Waals surface area contributed by atoms with Gasteiger partial charge in [-0.25, -0.2) is 0 Å². The van der Waals surface area contributed by atoms with Gasteiger partial charge in [0.15, 0.2) is 5.96 Å². The lowest BCUT2D eigenvalue weighted by molar-refractivity contribution is 0.0773. The first-order chi connectivity index (χ1) is 14.0. The van der Waals surface area contributed by atoms with Gasteiger partial charge in [0.2, 0.25) is 0 Å². The van der Waals surface area contributed by atoms with Gasteiger partial charge in [0.25, 0.3) is 5.91 Å². The maximum absolute atomic E-state index is 12.4. The van der Waals surface area contributed by atoms with Crippen LogP contribution >= 0.6 is 24.0 Å². The summed E-state index contributed by atoms with van der Waals surface area (Å²) in [7, 11) is 3.78. The van der Waals surface area contributed by atoms with E-state index in [2.05, 4.69) is 26.5 Å². The summed E-state index contributed by atoms with van der Waals surface area (Å²) in [5.74, 6) is 1.50. The van der Waals surface area contributed by atoms with Gasteiger partial charge in [0.05, 0.1) is 6.20 Å². The molecule has 0 radical (unpaired) electrons. The lowest BCUT2D eigenvalue weighted by Gasteiger charge is -2.22. The first-order valence-electron chi connectivity index (χ1n) is 10.4. The molecule has 1 atom stereocenters. The predicted octanol–water partition coefficient (Wildman–Crippen LogP) is 3.09. The number of rotatable bonds is 6. The molecule has 1 saturated heterocycles. The van der Waals surface area contributed by atoms with Crippen molar-refractivity contribution in [1.29, 1.82) is 0 Å². The second kappa shape index (κ2) is 11.3. The number of halogens is 1. The van der Waals surface area contributed by atoms with Crippen LogP contribution in [0.3, 0.4) is 0 Å². The Kier molecular flexibility index (Phi) is 9.13. The lowest BCUT2D eigenvalue weighted by atomic mass is 10.0. The van der Waals surface area contributed by atoms with Crippen molar-refractivity contribution in [2.75, 3.05) is 33.2 Å². The van der Waals surface area contributed by atoms with Crippen LogP contribution in [0.25, 0.3) is 0 Å². The van der Waals surface area contributed by atoms with Gasteiger partial charge in [-0.3, -0.25) is 14.5 Å². The smallest absolute Gasteiger partial charge is 0.253 e. The molecule has 0 spiro atoms. The maximum atomic E-state index is 12.4. The second-order valence-corrected chi connectivity index (χ2v) is 7.45. The van der Waals surface area contributed by atoms with Crippen LogP contribution < -0.4 is 5.32 Å². The molecule has 1 aliphatic rings. The van der Waals surface area contributed by atoms with E-state index in [0.717, 1.165) is 49.7 Å². The summed E-state index contributed by atoms with van der Waals surface area (Å²) in [5, 5.41) is 7.75. The molecule has 1 fully saturated rings. The predicted molar refractivity (Wildman–Crippen MR) is 131 cm³/mol. The largest absolute Gasteiger partial charge is 0.352 e. The average Bonchev–Trinajstić information content (AvgIpc) is 3.39. The molecule has 7 nitrogen and oxygen atoms in total. The van der Waals surface area contributed by atoms with E-state index in [1.54, 1.807) is 0 Å². The van der Waals surface area contributed by atoms with Crippen LogP contribution in [-0.2, 0) is 13.6 Å². The van der Waals surface area contributed by atoms with Crippen LogP contribution in [0.2, 0.25) is 0 Å². The molecule has 1 aromatic carbocycles. The van der Waals surface area contributed by atoms with Crippen molar-refractivity contribution in [3.05, 3.63) is 53.3 Å². The van der Waals surface area contributed by atoms with Gasteiger partial charge in [0.1, 0.15) is 0 Å². The standard InChI is InChI=1S/C22H32N6O.HI/c1-5-27(6-2)21(29)18-9-7-17(8-10-18)13-24-22(23-3)28-12-11-19(16-28)20-14-25-26(4)15-20;/h7-10,14-15,19H,5-6,11-13,16H2,1-4H3,(H,23,24);1H. The lowest BCUT2D eigenvalue weighted by Crippen LogP contribution is -2.39. The minimum atomic E-state index is 0. The summed E-state index contributed by atoms with van der Waals surface area (Å²) < 4.78 is 1.86. The van der Waals surface area contributed by atoms with E-state index in [9.17, 15) is 4.79 Å². The minimum Gasteiger partial charge on any atom is -0.352 e. The Morgan fingerprint density at radius 1 is 1.27 bits per heavy atom. The highest BCUT2D eigenvalue weighted by Crippen LogP contribution is 2.26. The minimum absolute atomic E-state index is 0. The monoisotopic (exact) mass is 524 g/mol. The number of aryl methyl sites for hydroxylation is 1. The Labute approximate surface area is 196 Å². The molecule has 30 heavy (non-hydrogen) atoms. The van der Waals surface area contributed by atoms with E-state index in [0.29, 0.717) is 12.5 Å². The molecule has 8 heteroatoms. The summed E-state index contributed by atoms with van der Waals surface area (Å²) in [6, 6.07) is 7.85. The quantitative estimate of drug-likeness (QED) is 0.359. The molecule has 0 saturated carbocycles. The van der Waals surface area contributed by atoms with Crippen molar-refractivity contribution >= 4 is 35.8 Å². The van der Waals surface area contributed by atoms with Crippen molar-refractivity contribution in [2.45, 2.75) is 32.7 Å². The van der Waals surface area contributed by atoms with Crippen molar-refractivity contribution < 1.29 is 4.79 Å². The Morgan fingerprint density at radius 3 is 2.53 bits per heavy atom. The zero-order valence-corrected chi connectivity index (χ0v) is 20.7. The maximum Gasteiger partial charge on any atom is 0.253 e. The van der Waals surface area contributed by atoms with Gasteiger partial charge in [0, 0.05) is 64.5 Å². The number of benzene rings is 1. The highest BCUT2D eigenvalue weighted by atomic mass is 127. The normalized spacial score (nSPS) is 16.3. The summed E-state index contributed by atoms with van der Waals surface area (Å²) in [6.07, 6.45) is 5.17. The Hall–Kier alpha value is -2.10. The molecule has 1 aliphatic heterocycles. The third-order valence-corrected chi connectivity index (χ3v) is 5.60. The fraction of sp³-hybridized carbons (Fsp3) is 0.500. The highest BCUT2D eigenvalue weighted by Gasteiger charge is 2.26. The number of aliphatic imine (C=N–C) groups is 1. The average molecular weight is 524 g/mol. The Bertz CT molecular complexity index is 844. The number of carbonyl (C=O) groups is 1. The summed E-state index contributed by atoms with van der Waals surface area (Å²) in [4.78, 5) is 21.0. The molecular formula is C22H33IN6O. The topological polar surface area (TPSA) is 65.8 Å². The molecule has 164 valence electrons. The van der Waals surface area contributed by atoms with Crippen LogP contribution in [0.15, 0.2) is 41.7 Å². The summed E-state index contributed by atoms with van der Waals surface area (Å²) in [5.41, 5.74) is 3.16. The molecule has 1 amide bonds. The van der Waals surface area contributed by atoms with Gasteiger partial charge >= 0.3 is 0 Å². The van der Waals surface area contributed by atoms with Gasteiger partial charge in [-0.15, -0.1) is 24.0 Å². The van der Waals surface area contributed by atoms with Crippen molar-refractivity contribution in [2.24, 2.45) is 12.0 Å². The fourth-order valence-corrected chi connectivity index (χ4v) is 3.85. The third-order valence-electron chi connectivity index (χ3n) is 5.60. The first kappa shape index (κ1) is 24.2. The molecule has 0 aliphatic carbocycles. The van der Waals surface area contributed by atoms with Crippen molar-refractivity contribution in [3.8, 4) is 0 Å². The number of carbonyl (C=O) groups excluding carboxylic acids is 1. The molecule has 1 N–H and O–H groups in total. The van der Waals surface area contributed by atoms with Crippen LogP contribution in [0.4, 0.5) is 0 Å². The molecule has 2 aromatic rings. The number of amides is 1. The summed E-state index contributed by atoms with van der Waals surface area (Å²) >= 11 is 0. The summed E-state index contributed by atoms with van der Waals surface area (Å²) in [6.45, 7) is 8.07. The fourth-order valence-electron chi connectivity index (χ4n) is 3.85. The molecule has 1 unspecified atom stereocenters. The number of likely N-dealkylation sites (tertiary alicyclic amines) is 1. The number of nitrogens with zero attached hydrogens (tertiary/aromatic N) is 5. The molecule has 0 bridgehead atoms. The molecule has 3 rings (SSSR count). The zero-order chi connectivity index (χ0) is 20.8. The van der Waals surface area contributed by atoms with Gasteiger partial charge in [-0.2, -0.15) is 5.10 Å². The van der Waals surface area contributed by atoms with E-state index >= 15 is 0 Å². The van der Waals surface area contributed by atoms with E-state index in [1.807, 2.05) is 68.0 Å². The van der Waals surface area contributed by atoms with Gasteiger partial charge < -0.3 is 15.1 Å². The van der Waals surface area contributed by atoms with Crippen molar-refractivity contribution in [3.63, 3.8) is 0 Å². The molecule has 1 aromatic heterocycles. The number of hydrogen-bond donors (Lipinski definition) is 1. The second-order valence-electron chi connectivity index (χ2n) is 7.45. The number of aromatic nitrogens is 2. The van der Waals surface area contributed by atoms with E-state index in [-0.39, 0.29) is 29.9 Å². The Balaban J connectivity index is 0.00000320. The van der Waals surface area contributed by atoms with Gasteiger partial charge in [-0.05, 0) is 43.5 Å². The SMILES string of the molecule is CCN(CC)C(=O)c1ccc(CNC(=NC)N2CCC(c3cnn(C)c3)C2)cc1.I. The van der Waals surface area contributed by atoms with Gasteiger partial charge in [-0.1, -0.05) is 12.1 Å². The van der Waals surface area contributed by atoms with Crippen LogP contribution in [-0.4, -0.2) is 64.7 Å². The van der Waals surface area contributed by atoms with E-state index in [1.165, 1.54) is 5.56 Å². The molecular weight excluding hydrogens is 491 g/mol. The number of nitrogens with one attached hydrogen (secondary N) is 1. The third kappa shape index (κ3) is 5.74. The number of hydrogen-bond acceptors (Lipinski definition) is 3. The van der Waals surface area contributed by atoms with Crippen LogP contribution in [0, 0.1) is 0 Å². The Morgan fingerprint density at radius 2 is 1.97 bits per heavy atom. The first-order valence-corrected chi connectivity index (χ1v) is 10.4. The van der Waals surface area contributed by atoms with Crippen LogP contribution in [0.5, 0.6) is 0 Å².